The van der Waals surface area contributed by atoms with Crippen LogP contribution < -0.4 is 0 Å². The number of thiazole rings is 2. The first-order chi connectivity index (χ1) is 11.2. The first-order valence-electron chi connectivity index (χ1n) is 7.69. The van der Waals surface area contributed by atoms with Gasteiger partial charge in [-0.25, -0.2) is 9.97 Å². The van der Waals surface area contributed by atoms with E-state index in [0.29, 0.717) is 0 Å². The summed E-state index contributed by atoms with van der Waals surface area (Å²) in [4.78, 5) is 12.8. The molecule has 0 fully saturated rings. The third kappa shape index (κ3) is 2.71. The van der Waals surface area contributed by atoms with Gasteiger partial charge in [-0.15, -0.1) is 22.7 Å². The maximum absolute atomic E-state index is 4.83. The van der Waals surface area contributed by atoms with Crippen LogP contribution in [-0.2, 0) is 12.8 Å². The number of para-hydroxylation sites is 1. The first kappa shape index (κ1) is 14.6. The van der Waals surface area contributed by atoms with Crippen molar-refractivity contribution in [3.8, 4) is 11.3 Å². The minimum atomic E-state index is 0.825. The normalized spacial score (nSPS) is 11.4. The zero-order valence-electron chi connectivity index (χ0n) is 13.1. The minimum absolute atomic E-state index is 0.825. The Morgan fingerprint density at radius 2 is 1.91 bits per heavy atom. The number of nitrogens with one attached hydrogen (secondary N) is 1. The van der Waals surface area contributed by atoms with E-state index in [1.54, 1.807) is 22.7 Å². The van der Waals surface area contributed by atoms with Crippen LogP contribution >= 0.6 is 22.7 Å². The van der Waals surface area contributed by atoms with Gasteiger partial charge in [-0.2, -0.15) is 0 Å². The number of fused-ring (bicyclic) bond motifs is 1. The van der Waals surface area contributed by atoms with Gasteiger partial charge in [0.2, 0.25) is 0 Å². The second-order valence-corrected chi connectivity index (χ2v) is 7.47. The van der Waals surface area contributed by atoms with E-state index >= 15 is 0 Å². The summed E-state index contributed by atoms with van der Waals surface area (Å²) in [5, 5.41) is 7.75. The topological polar surface area (TPSA) is 41.6 Å². The second-order valence-electron chi connectivity index (χ2n) is 5.58. The number of aromatic nitrogens is 3. The van der Waals surface area contributed by atoms with Gasteiger partial charge in [-0.05, 0) is 18.9 Å². The Bertz CT molecular complexity index is 962. The fourth-order valence-corrected chi connectivity index (χ4v) is 4.52. The molecule has 0 bridgehead atoms. The molecule has 0 radical (unpaired) electrons. The number of aryl methyl sites for hydroxylation is 2. The van der Waals surface area contributed by atoms with Crippen LogP contribution in [0.3, 0.4) is 0 Å². The number of benzene rings is 1. The summed E-state index contributed by atoms with van der Waals surface area (Å²) in [6, 6.07) is 6.48. The summed E-state index contributed by atoms with van der Waals surface area (Å²) in [7, 11) is 0. The maximum Gasteiger partial charge on any atom is 0.100 e. The van der Waals surface area contributed by atoms with Crippen molar-refractivity contribution in [2.75, 3.05) is 0 Å². The highest BCUT2D eigenvalue weighted by Gasteiger charge is 2.12. The molecule has 4 aromatic rings. The lowest BCUT2D eigenvalue weighted by Crippen LogP contribution is -1.87. The van der Waals surface area contributed by atoms with Crippen molar-refractivity contribution < 1.29 is 0 Å². The molecule has 4 rings (SSSR count). The molecule has 116 valence electrons. The summed E-state index contributed by atoms with van der Waals surface area (Å²) < 4.78 is 0. The Balaban J connectivity index is 1.69. The first-order valence-corrected chi connectivity index (χ1v) is 9.45. The highest BCUT2D eigenvalue weighted by atomic mass is 32.1. The Morgan fingerprint density at radius 3 is 2.70 bits per heavy atom. The molecule has 0 unspecified atom stereocenters. The van der Waals surface area contributed by atoms with Gasteiger partial charge in [0.05, 0.1) is 17.1 Å². The van der Waals surface area contributed by atoms with Crippen molar-refractivity contribution in [1.82, 2.24) is 15.0 Å². The Morgan fingerprint density at radius 1 is 1.09 bits per heavy atom. The van der Waals surface area contributed by atoms with Crippen LogP contribution in [0.1, 0.15) is 28.2 Å². The molecular formula is C18H17N3S2. The number of hydrogen-bond acceptors (Lipinski definition) is 4. The molecule has 3 heterocycles. The summed E-state index contributed by atoms with van der Waals surface area (Å²) in [5.41, 5.74) is 5.91. The van der Waals surface area contributed by atoms with E-state index in [2.05, 4.69) is 52.0 Å². The number of aromatic amines is 1. The van der Waals surface area contributed by atoms with Crippen LogP contribution in [0.15, 0.2) is 35.2 Å². The van der Waals surface area contributed by atoms with Gasteiger partial charge in [-0.3, -0.25) is 0 Å². The molecular weight excluding hydrogens is 322 g/mol. The van der Waals surface area contributed by atoms with E-state index in [-0.39, 0.29) is 0 Å². The number of H-pyrrole nitrogens is 1. The molecule has 0 saturated heterocycles. The Kier molecular flexibility index (Phi) is 3.75. The molecule has 0 aliphatic heterocycles. The highest BCUT2D eigenvalue weighted by Crippen LogP contribution is 2.31. The Labute approximate surface area is 143 Å². The summed E-state index contributed by atoms with van der Waals surface area (Å²) >= 11 is 3.42. The fraction of sp³-hybridized carbons (Fsp3) is 0.222. The third-order valence-corrected chi connectivity index (χ3v) is 5.79. The van der Waals surface area contributed by atoms with Crippen LogP contribution in [0, 0.1) is 6.92 Å². The number of hydrogen-bond donors (Lipinski definition) is 1. The smallest absolute Gasteiger partial charge is 0.100 e. The van der Waals surface area contributed by atoms with E-state index < -0.39 is 0 Å². The fourth-order valence-electron chi connectivity index (χ4n) is 2.85. The van der Waals surface area contributed by atoms with Crippen molar-refractivity contribution >= 4 is 33.6 Å². The number of nitrogens with zero attached hydrogens (tertiary/aromatic N) is 2. The zero-order chi connectivity index (χ0) is 15.8. The minimum Gasteiger partial charge on any atom is -0.360 e. The summed E-state index contributed by atoms with van der Waals surface area (Å²) in [5.74, 6) is 0. The van der Waals surface area contributed by atoms with E-state index in [9.17, 15) is 0 Å². The van der Waals surface area contributed by atoms with Crippen LogP contribution in [0.2, 0.25) is 0 Å². The standard InChI is InChI=1S/C18H17N3S2/c1-3-12-5-4-6-13-14(8-19-18(12)13)15-10-23-17(21-15)7-16-20-11(2)9-22-16/h4-6,8-10,19H,3,7H2,1-2H3. The van der Waals surface area contributed by atoms with Gasteiger partial charge in [0.15, 0.2) is 0 Å². The third-order valence-electron chi connectivity index (χ3n) is 3.98. The molecule has 0 atom stereocenters. The molecule has 0 saturated carbocycles. The van der Waals surface area contributed by atoms with Gasteiger partial charge < -0.3 is 4.98 Å². The summed E-state index contributed by atoms with van der Waals surface area (Å²) in [6.45, 7) is 4.22. The predicted molar refractivity (Wildman–Crippen MR) is 98.4 cm³/mol. The highest BCUT2D eigenvalue weighted by molar-refractivity contribution is 7.11. The molecule has 3 aromatic heterocycles. The molecule has 23 heavy (non-hydrogen) atoms. The van der Waals surface area contributed by atoms with Gasteiger partial charge >= 0.3 is 0 Å². The van der Waals surface area contributed by atoms with Crippen molar-refractivity contribution in [2.45, 2.75) is 26.7 Å². The van der Waals surface area contributed by atoms with Crippen molar-refractivity contribution in [3.63, 3.8) is 0 Å². The molecule has 0 aliphatic carbocycles. The maximum atomic E-state index is 4.83. The van der Waals surface area contributed by atoms with Crippen LogP contribution in [0.5, 0.6) is 0 Å². The number of rotatable bonds is 4. The quantitative estimate of drug-likeness (QED) is 0.554. The SMILES string of the molecule is CCc1cccc2c(-c3csc(Cc4nc(C)cs4)n3)c[nH]c12. The van der Waals surface area contributed by atoms with E-state index in [1.165, 1.54) is 22.0 Å². The molecule has 5 heteroatoms. The van der Waals surface area contributed by atoms with E-state index in [0.717, 1.165) is 34.2 Å². The van der Waals surface area contributed by atoms with Gasteiger partial charge in [0, 0.05) is 39.1 Å². The molecule has 1 aromatic carbocycles. The molecule has 3 nitrogen and oxygen atoms in total. The van der Waals surface area contributed by atoms with E-state index in [4.69, 9.17) is 4.98 Å². The predicted octanol–water partition coefficient (Wildman–Crippen LogP) is 5.21. The lowest BCUT2D eigenvalue weighted by atomic mass is 10.1. The molecule has 0 amide bonds. The lowest BCUT2D eigenvalue weighted by molar-refractivity contribution is 1.08. The average molecular weight is 339 g/mol. The van der Waals surface area contributed by atoms with Crippen molar-refractivity contribution in [2.24, 2.45) is 0 Å². The monoisotopic (exact) mass is 339 g/mol. The van der Waals surface area contributed by atoms with Gasteiger partial charge in [0.1, 0.15) is 5.01 Å². The average Bonchev–Trinajstić information content (AvgIpc) is 3.26. The van der Waals surface area contributed by atoms with Crippen molar-refractivity contribution in [3.05, 3.63) is 56.4 Å². The van der Waals surface area contributed by atoms with Crippen LogP contribution in [-0.4, -0.2) is 15.0 Å². The summed E-state index contributed by atoms with van der Waals surface area (Å²) in [6.07, 6.45) is 3.94. The lowest BCUT2D eigenvalue weighted by Gasteiger charge is -1.99. The molecule has 1 N–H and O–H groups in total. The molecule has 0 spiro atoms. The van der Waals surface area contributed by atoms with Crippen LogP contribution in [0.4, 0.5) is 0 Å². The van der Waals surface area contributed by atoms with Crippen molar-refractivity contribution in [1.29, 1.82) is 0 Å². The van der Waals surface area contributed by atoms with Gasteiger partial charge in [0.25, 0.3) is 0 Å². The largest absolute Gasteiger partial charge is 0.360 e. The molecule has 0 aliphatic rings. The zero-order valence-corrected chi connectivity index (χ0v) is 14.7. The van der Waals surface area contributed by atoms with Gasteiger partial charge in [-0.1, -0.05) is 25.1 Å². The Hall–Kier alpha value is -1.98. The van der Waals surface area contributed by atoms with Crippen LogP contribution in [0.25, 0.3) is 22.2 Å². The van der Waals surface area contributed by atoms with E-state index in [1.807, 2.05) is 6.92 Å². The second kappa shape index (κ2) is 5.91.